The number of benzene rings is 1. The number of hydrogen-bond acceptors (Lipinski definition) is 3. The Morgan fingerprint density at radius 3 is 2.28 bits per heavy atom. The Kier molecular flexibility index (Phi) is 3.78. The summed E-state index contributed by atoms with van der Waals surface area (Å²) >= 11 is 0. The lowest BCUT2D eigenvalue weighted by atomic mass is 9.99. The van der Waals surface area contributed by atoms with Crippen LogP contribution in [0.1, 0.15) is 32.3 Å². The summed E-state index contributed by atoms with van der Waals surface area (Å²) in [7, 11) is -3.37. The van der Waals surface area contributed by atoms with Crippen molar-refractivity contribution < 1.29 is 13.2 Å². The van der Waals surface area contributed by atoms with Gasteiger partial charge in [0.2, 0.25) is 9.84 Å². The van der Waals surface area contributed by atoms with Crippen molar-refractivity contribution in [1.82, 2.24) is 0 Å². The molecule has 1 aromatic carbocycles. The van der Waals surface area contributed by atoms with E-state index in [9.17, 15) is 8.42 Å². The topological polar surface area (TPSA) is 43.4 Å². The van der Waals surface area contributed by atoms with Gasteiger partial charge in [-0.3, -0.25) is 0 Å². The predicted molar refractivity (Wildman–Crippen MR) is 71.1 cm³/mol. The van der Waals surface area contributed by atoms with E-state index in [2.05, 4.69) is 6.92 Å². The summed E-state index contributed by atoms with van der Waals surface area (Å²) in [5.41, 5.74) is 0.360. The maximum atomic E-state index is 12.5. The minimum absolute atomic E-state index is 0.0129. The molecule has 0 amide bonds. The highest BCUT2D eigenvalue weighted by Crippen LogP contribution is 2.30. The van der Waals surface area contributed by atoms with Crippen molar-refractivity contribution in [1.29, 1.82) is 0 Å². The van der Waals surface area contributed by atoms with E-state index in [0.29, 0.717) is 17.2 Å². The van der Waals surface area contributed by atoms with Crippen LogP contribution < -0.4 is 0 Å². The van der Waals surface area contributed by atoms with Gasteiger partial charge >= 0.3 is 0 Å². The molecule has 0 aliphatic carbocycles. The molecule has 0 unspecified atom stereocenters. The second kappa shape index (κ2) is 5.02. The van der Waals surface area contributed by atoms with Crippen LogP contribution in [-0.2, 0) is 14.6 Å². The van der Waals surface area contributed by atoms with Gasteiger partial charge in [-0.2, -0.15) is 0 Å². The molecule has 3 nitrogen and oxygen atoms in total. The van der Waals surface area contributed by atoms with Gasteiger partial charge in [0, 0.05) is 0 Å². The van der Waals surface area contributed by atoms with Crippen LogP contribution in [-0.4, -0.2) is 20.0 Å². The highest BCUT2D eigenvalue weighted by Gasteiger charge is 2.35. The molecule has 1 aromatic rings. The number of sulfone groups is 1. The number of ether oxygens (including phenoxy) is 1. The van der Waals surface area contributed by atoms with Gasteiger partial charge in [0.25, 0.3) is 0 Å². The van der Waals surface area contributed by atoms with Crippen molar-refractivity contribution in [2.24, 2.45) is 5.92 Å². The fourth-order valence-corrected chi connectivity index (χ4v) is 4.18. The van der Waals surface area contributed by atoms with Crippen LogP contribution in [0.4, 0.5) is 0 Å². The Labute approximate surface area is 109 Å². The van der Waals surface area contributed by atoms with Crippen molar-refractivity contribution in [3.8, 4) is 0 Å². The highest BCUT2D eigenvalue weighted by atomic mass is 32.2. The fourth-order valence-electron chi connectivity index (χ4n) is 2.44. The number of hydrogen-bond donors (Lipinski definition) is 0. The molecule has 100 valence electrons. The molecule has 0 saturated carbocycles. The molecule has 1 heterocycles. The quantitative estimate of drug-likeness (QED) is 0.828. The van der Waals surface area contributed by atoms with Crippen molar-refractivity contribution in [3.05, 3.63) is 29.8 Å². The highest BCUT2D eigenvalue weighted by molar-refractivity contribution is 7.91. The second-order valence-electron chi connectivity index (χ2n) is 5.31. The van der Waals surface area contributed by atoms with Crippen molar-refractivity contribution in [2.75, 3.05) is 0 Å². The first-order valence-corrected chi connectivity index (χ1v) is 7.90. The number of rotatable bonds is 2. The molecule has 0 bridgehead atoms. The van der Waals surface area contributed by atoms with Crippen LogP contribution in [0, 0.1) is 12.8 Å². The SMILES string of the molecule is Cc1ccc(S(=O)(=O)[C@H]2C[C@H](C)C[C@H](C)O2)cc1. The van der Waals surface area contributed by atoms with E-state index in [-0.39, 0.29) is 6.10 Å². The Bertz CT molecular complexity index is 494. The maximum absolute atomic E-state index is 12.5. The minimum atomic E-state index is -3.37. The first-order valence-electron chi connectivity index (χ1n) is 6.35. The molecule has 3 atom stereocenters. The molecule has 0 N–H and O–H groups in total. The zero-order chi connectivity index (χ0) is 13.3. The normalized spacial score (nSPS) is 29.2. The van der Waals surface area contributed by atoms with Gasteiger partial charge in [-0.15, -0.1) is 0 Å². The Hall–Kier alpha value is -0.870. The largest absolute Gasteiger partial charge is 0.359 e. The Balaban J connectivity index is 2.28. The standard InChI is InChI=1S/C14H20O3S/c1-10-4-6-13(7-5-10)18(15,16)14-9-11(2)8-12(3)17-14/h4-7,11-12,14H,8-9H2,1-3H3/t11-,12+,14+/m1/s1. The van der Waals surface area contributed by atoms with E-state index in [1.807, 2.05) is 26.0 Å². The van der Waals surface area contributed by atoms with Gasteiger partial charge in [0.15, 0.2) is 5.44 Å². The molecule has 1 saturated heterocycles. The lowest BCUT2D eigenvalue weighted by molar-refractivity contribution is -0.0177. The molecule has 0 spiro atoms. The molecule has 1 fully saturated rings. The monoisotopic (exact) mass is 268 g/mol. The van der Waals surface area contributed by atoms with E-state index in [1.165, 1.54) is 0 Å². The first kappa shape index (κ1) is 13.6. The van der Waals surface area contributed by atoms with E-state index in [0.717, 1.165) is 12.0 Å². The van der Waals surface area contributed by atoms with Crippen LogP contribution in [0.3, 0.4) is 0 Å². The summed E-state index contributed by atoms with van der Waals surface area (Å²) in [5.74, 6) is 0.388. The third kappa shape index (κ3) is 2.75. The second-order valence-corrected chi connectivity index (χ2v) is 7.40. The molecule has 1 aliphatic rings. The predicted octanol–water partition coefficient (Wildman–Crippen LogP) is 2.93. The van der Waals surface area contributed by atoms with Crippen LogP contribution in [0.2, 0.25) is 0 Å². The summed E-state index contributed by atoms with van der Waals surface area (Å²) in [6.07, 6.45) is 1.53. The third-order valence-corrected chi connectivity index (χ3v) is 5.33. The van der Waals surface area contributed by atoms with Crippen LogP contribution in [0.5, 0.6) is 0 Å². The van der Waals surface area contributed by atoms with E-state index >= 15 is 0 Å². The fraction of sp³-hybridized carbons (Fsp3) is 0.571. The van der Waals surface area contributed by atoms with Crippen molar-refractivity contribution in [2.45, 2.75) is 50.0 Å². The van der Waals surface area contributed by atoms with E-state index in [1.54, 1.807) is 12.1 Å². The first-order chi connectivity index (χ1) is 8.39. The average Bonchev–Trinajstić information content (AvgIpc) is 2.28. The van der Waals surface area contributed by atoms with Crippen LogP contribution in [0.25, 0.3) is 0 Å². The summed E-state index contributed by atoms with van der Waals surface area (Å²) in [4.78, 5) is 0.361. The molecular weight excluding hydrogens is 248 g/mol. The van der Waals surface area contributed by atoms with Gasteiger partial charge < -0.3 is 4.74 Å². The molecule has 18 heavy (non-hydrogen) atoms. The molecule has 2 rings (SSSR count). The van der Waals surface area contributed by atoms with Gasteiger partial charge in [-0.1, -0.05) is 24.6 Å². The Morgan fingerprint density at radius 1 is 1.11 bits per heavy atom. The van der Waals surface area contributed by atoms with Crippen LogP contribution >= 0.6 is 0 Å². The summed E-state index contributed by atoms with van der Waals surface area (Å²) in [5, 5.41) is 0. The van der Waals surface area contributed by atoms with Crippen LogP contribution in [0.15, 0.2) is 29.2 Å². The lowest BCUT2D eigenvalue weighted by Gasteiger charge is -2.31. The van der Waals surface area contributed by atoms with Gasteiger partial charge in [0.05, 0.1) is 11.0 Å². The third-order valence-electron chi connectivity index (χ3n) is 3.41. The molecule has 1 aliphatic heterocycles. The van der Waals surface area contributed by atoms with Crippen molar-refractivity contribution >= 4 is 9.84 Å². The van der Waals surface area contributed by atoms with E-state index < -0.39 is 15.3 Å². The van der Waals surface area contributed by atoms with Gasteiger partial charge in [-0.25, -0.2) is 8.42 Å². The molecular formula is C14H20O3S. The summed E-state index contributed by atoms with van der Waals surface area (Å²) in [6.45, 7) is 5.96. The molecule has 4 heteroatoms. The zero-order valence-corrected chi connectivity index (χ0v) is 11.9. The Morgan fingerprint density at radius 2 is 1.72 bits per heavy atom. The minimum Gasteiger partial charge on any atom is -0.359 e. The lowest BCUT2D eigenvalue weighted by Crippen LogP contribution is -2.35. The average molecular weight is 268 g/mol. The summed E-state index contributed by atoms with van der Waals surface area (Å²) in [6, 6.07) is 6.97. The smallest absolute Gasteiger partial charge is 0.205 e. The van der Waals surface area contributed by atoms with E-state index in [4.69, 9.17) is 4.74 Å². The summed E-state index contributed by atoms with van der Waals surface area (Å²) < 4.78 is 30.5. The zero-order valence-electron chi connectivity index (χ0n) is 11.1. The van der Waals surface area contributed by atoms with Gasteiger partial charge in [0.1, 0.15) is 0 Å². The number of aryl methyl sites for hydroxylation is 1. The van der Waals surface area contributed by atoms with Crippen molar-refractivity contribution in [3.63, 3.8) is 0 Å². The van der Waals surface area contributed by atoms with Gasteiger partial charge in [-0.05, 0) is 44.7 Å². The molecule has 0 radical (unpaired) electrons. The molecule has 0 aromatic heterocycles. The maximum Gasteiger partial charge on any atom is 0.205 e.